The number of methoxy groups -OCH3 is 1. The number of nitrogens with zero attached hydrogens (tertiary/aromatic N) is 2. The highest BCUT2D eigenvalue weighted by molar-refractivity contribution is 6.02. The van der Waals surface area contributed by atoms with E-state index in [0.29, 0.717) is 6.61 Å². The molecule has 5 heteroatoms. The van der Waals surface area contributed by atoms with Gasteiger partial charge in [0.25, 0.3) is 0 Å². The third kappa shape index (κ3) is 2.98. The van der Waals surface area contributed by atoms with Crippen LogP contribution in [0.25, 0.3) is 0 Å². The lowest BCUT2D eigenvalue weighted by Gasteiger charge is -2.30. The largest absolute Gasteiger partial charge is 0.479 e. The molecule has 0 aliphatic heterocycles. The van der Waals surface area contributed by atoms with E-state index in [4.69, 9.17) is 9.47 Å². The summed E-state index contributed by atoms with van der Waals surface area (Å²) in [6, 6.07) is 0. The molecule has 1 aromatic rings. The topological polar surface area (TPSA) is 61.3 Å². The summed E-state index contributed by atoms with van der Waals surface area (Å²) in [5, 5.41) is 0. The van der Waals surface area contributed by atoms with Crippen LogP contribution in [0.4, 0.5) is 0 Å². The molecule has 0 aromatic carbocycles. The lowest BCUT2D eigenvalue weighted by molar-refractivity contribution is -0.0297. The van der Waals surface area contributed by atoms with Crippen LogP contribution in [0.5, 0.6) is 5.88 Å². The van der Waals surface area contributed by atoms with Crippen LogP contribution in [0.1, 0.15) is 55.9 Å². The third-order valence-corrected chi connectivity index (χ3v) is 3.82. The highest BCUT2D eigenvalue weighted by Gasteiger charge is 2.42. The number of carbonyl (C=O) groups excluding carboxylic acids is 1. The molecule has 20 heavy (non-hydrogen) atoms. The molecule has 0 atom stereocenters. The van der Waals surface area contributed by atoms with Crippen molar-refractivity contribution >= 4 is 5.78 Å². The van der Waals surface area contributed by atoms with Gasteiger partial charge in [-0.15, -0.1) is 0 Å². The molecule has 2 rings (SSSR count). The monoisotopic (exact) mass is 278 g/mol. The highest BCUT2D eigenvalue weighted by Crippen LogP contribution is 2.34. The van der Waals surface area contributed by atoms with Crippen LogP contribution in [0.2, 0.25) is 0 Å². The fourth-order valence-electron chi connectivity index (χ4n) is 2.86. The third-order valence-electron chi connectivity index (χ3n) is 3.82. The Morgan fingerprint density at radius 1 is 1.20 bits per heavy atom. The highest BCUT2D eigenvalue weighted by atomic mass is 16.5. The molecular formula is C15H22N2O3. The number of hydrogen-bond donors (Lipinski definition) is 0. The molecule has 1 aromatic heterocycles. The molecule has 5 nitrogen and oxygen atoms in total. The van der Waals surface area contributed by atoms with Crippen molar-refractivity contribution in [1.29, 1.82) is 0 Å². The van der Waals surface area contributed by atoms with Crippen LogP contribution in [-0.4, -0.2) is 35.1 Å². The van der Waals surface area contributed by atoms with Gasteiger partial charge in [-0.25, -0.2) is 9.97 Å². The number of hydrogen-bond acceptors (Lipinski definition) is 5. The van der Waals surface area contributed by atoms with Crippen LogP contribution in [0, 0.1) is 0 Å². The lowest BCUT2D eigenvalue weighted by atomic mass is 9.87. The van der Waals surface area contributed by atoms with E-state index in [1.807, 2.05) is 6.92 Å². The van der Waals surface area contributed by atoms with Crippen molar-refractivity contribution in [2.24, 2.45) is 0 Å². The van der Waals surface area contributed by atoms with Crippen molar-refractivity contribution in [1.82, 2.24) is 9.97 Å². The second-order valence-corrected chi connectivity index (χ2v) is 5.08. The van der Waals surface area contributed by atoms with Crippen molar-refractivity contribution in [2.75, 3.05) is 13.7 Å². The summed E-state index contributed by atoms with van der Waals surface area (Å²) < 4.78 is 11.1. The summed E-state index contributed by atoms with van der Waals surface area (Å²) >= 11 is 0. The number of ketones is 1. The molecule has 0 radical (unpaired) electrons. The Kier molecular flexibility index (Phi) is 5.06. The fraction of sp³-hybridized carbons (Fsp3) is 0.667. The smallest absolute Gasteiger partial charge is 0.243 e. The van der Waals surface area contributed by atoms with Gasteiger partial charge in [0.05, 0.1) is 7.11 Å². The van der Waals surface area contributed by atoms with Gasteiger partial charge in [0.2, 0.25) is 11.7 Å². The number of aromatic nitrogens is 2. The van der Waals surface area contributed by atoms with Crippen LogP contribution in [0.15, 0.2) is 12.4 Å². The van der Waals surface area contributed by atoms with E-state index >= 15 is 0 Å². The molecule has 0 bridgehead atoms. The zero-order valence-electron chi connectivity index (χ0n) is 12.2. The predicted molar refractivity (Wildman–Crippen MR) is 75.0 cm³/mol. The average molecular weight is 278 g/mol. The van der Waals surface area contributed by atoms with Crippen molar-refractivity contribution in [3.05, 3.63) is 18.1 Å². The number of carbonyl (C=O) groups is 1. The molecule has 0 amide bonds. The summed E-state index contributed by atoms with van der Waals surface area (Å²) in [6.45, 7) is 2.45. The maximum Gasteiger partial charge on any atom is 0.243 e. The van der Waals surface area contributed by atoms with Gasteiger partial charge in [0.15, 0.2) is 5.69 Å². The Labute approximate surface area is 119 Å². The maximum atomic E-state index is 12.9. The van der Waals surface area contributed by atoms with E-state index in [-0.39, 0.29) is 17.4 Å². The molecule has 1 aliphatic carbocycles. The molecule has 110 valence electrons. The molecule has 1 heterocycles. The van der Waals surface area contributed by atoms with E-state index in [9.17, 15) is 4.79 Å². The minimum Gasteiger partial charge on any atom is -0.479 e. The second kappa shape index (κ2) is 6.79. The van der Waals surface area contributed by atoms with Crippen LogP contribution < -0.4 is 4.74 Å². The van der Waals surface area contributed by atoms with E-state index in [1.54, 1.807) is 0 Å². The predicted octanol–water partition coefficient (Wildman–Crippen LogP) is 2.80. The van der Waals surface area contributed by atoms with Gasteiger partial charge in [0.1, 0.15) is 5.60 Å². The quantitative estimate of drug-likeness (QED) is 0.612. The minimum absolute atomic E-state index is 0.0915. The molecular weight excluding hydrogens is 256 g/mol. The standard InChI is InChI=1S/C15H22N2O3/c1-3-20-15(8-6-4-5-7-9-15)13(18)12-14(19-2)17-11-10-16-12/h10-11H,3-9H2,1-2H3. The summed E-state index contributed by atoms with van der Waals surface area (Å²) in [6.07, 6.45) is 8.86. The Bertz CT molecular complexity index is 454. The first-order valence-corrected chi connectivity index (χ1v) is 7.27. The van der Waals surface area contributed by atoms with Crippen LogP contribution in [-0.2, 0) is 4.74 Å². The van der Waals surface area contributed by atoms with E-state index in [2.05, 4.69) is 9.97 Å². The molecule has 1 saturated carbocycles. The lowest BCUT2D eigenvalue weighted by Crippen LogP contribution is -2.42. The molecule has 0 spiro atoms. The normalized spacial score (nSPS) is 18.3. The Hall–Kier alpha value is -1.49. The van der Waals surface area contributed by atoms with Crippen molar-refractivity contribution in [3.8, 4) is 5.88 Å². The molecule has 1 fully saturated rings. The molecule has 0 unspecified atom stereocenters. The van der Waals surface area contributed by atoms with Gasteiger partial charge in [-0.1, -0.05) is 25.7 Å². The zero-order valence-corrected chi connectivity index (χ0v) is 12.2. The van der Waals surface area contributed by atoms with E-state index in [1.165, 1.54) is 19.5 Å². The number of rotatable bonds is 5. The van der Waals surface area contributed by atoms with Crippen LogP contribution in [0.3, 0.4) is 0 Å². The molecule has 0 saturated heterocycles. The van der Waals surface area contributed by atoms with Gasteiger partial charge in [-0.05, 0) is 19.8 Å². The first kappa shape index (κ1) is 14.9. The zero-order chi connectivity index (χ0) is 14.4. The average Bonchev–Trinajstić information content (AvgIpc) is 2.73. The van der Waals surface area contributed by atoms with E-state index < -0.39 is 5.60 Å². The van der Waals surface area contributed by atoms with Gasteiger partial charge >= 0.3 is 0 Å². The van der Waals surface area contributed by atoms with Gasteiger partial charge in [0, 0.05) is 19.0 Å². The van der Waals surface area contributed by atoms with Crippen molar-refractivity contribution in [2.45, 2.75) is 51.0 Å². The summed E-state index contributed by atoms with van der Waals surface area (Å²) in [7, 11) is 1.50. The van der Waals surface area contributed by atoms with Gasteiger partial charge < -0.3 is 9.47 Å². The van der Waals surface area contributed by atoms with Crippen molar-refractivity contribution in [3.63, 3.8) is 0 Å². The Morgan fingerprint density at radius 2 is 1.85 bits per heavy atom. The number of Topliss-reactive ketones (excluding diaryl/α,β-unsaturated/α-hetero) is 1. The summed E-state index contributed by atoms with van der Waals surface area (Å²) in [5.41, 5.74) is -0.473. The second-order valence-electron chi connectivity index (χ2n) is 5.08. The summed E-state index contributed by atoms with van der Waals surface area (Å²) in [5.74, 6) is 0.187. The minimum atomic E-state index is -0.755. The van der Waals surface area contributed by atoms with Gasteiger partial charge in [-0.3, -0.25) is 4.79 Å². The van der Waals surface area contributed by atoms with Gasteiger partial charge in [-0.2, -0.15) is 0 Å². The van der Waals surface area contributed by atoms with E-state index in [0.717, 1.165) is 38.5 Å². The van der Waals surface area contributed by atoms with Crippen LogP contribution >= 0.6 is 0 Å². The van der Waals surface area contributed by atoms with Crippen molar-refractivity contribution < 1.29 is 14.3 Å². The summed E-state index contributed by atoms with van der Waals surface area (Å²) in [4.78, 5) is 21.2. The maximum absolute atomic E-state index is 12.9. The molecule has 1 aliphatic rings. The Balaban J connectivity index is 2.35. The number of ether oxygens (including phenoxy) is 2. The first-order chi connectivity index (χ1) is 9.73. The molecule has 0 N–H and O–H groups in total. The first-order valence-electron chi connectivity index (χ1n) is 7.27. The SMILES string of the molecule is CCOC1(C(=O)c2nccnc2OC)CCCCCC1. The Morgan fingerprint density at radius 3 is 2.45 bits per heavy atom. The fourth-order valence-corrected chi connectivity index (χ4v) is 2.86.